The van der Waals surface area contributed by atoms with E-state index in [0.717, 1.165) is 25.9 Å². The Morgan fingerprint density at radius 2 is 2.04 bits per heavy atom. The van der Waals surface area contributed by atoms with Gasteiger partial charge in [0, 0.05) is 31.9 Å². The molecule has 1 aromatic rings. The number of sulfonamides is 1. The molecule has 1 amide bonds. The van der Waals surface area contributed by atoms with Crippen LogP contribution in [0.25, 0.3) is 0 Å². The Morgan fingerprint density at radius 3 is 2.78 bits per heavy atom. The van der Waals surface area contributed by atoms with Gasteiger partial charge in [0.1, 0.15) is 10.6 Å². The first-order chi connectivity index (χ1) is 10.9. The highest BCUT2D eigenvalue weighted by Crippen LogP contribution is 2.27. The highest BCUT2D eigenvalue weighted by atomic mass is 32.2. The van der Waals surface area contributed by atoms with Crippen molar-refractivity contribution < 1.29 is 13.2 Å². The van der Waals surface area contributed by atoms with Crippen LogP contribution in [0, 0.1) is 0 Å². The summed E-state index contributed by atoms with van der Waals surface area (Å²) < 4.78 is 27.5. The van der Waals surface area contributed by atoms with E-state index in [4.69, 9.17) is 0 Å². The van der Waals surface area contributed by atoms with E-state index in [1.54, 1.807) is 11.6 Å². The molecular weight excluding hydrogens is 316 g/mol. The minimum atomic E-state index is -3.54. The average molecular weight is 340 g/mol. The number of carbonyl (C=O) groups is 1. The van der Waals surface area contributed by atoms with E-state index in [0.29, 0.717) is 11.7 Å². The van der Waals surface area contributed by atoms with E-state index in [-0.39, 0.29) is 16.8 Å². The van der Waals surface area contributed by atoms with Crippen LogP contribution in [0.3, 0.4) is 0 Å². The molecule has 0 spiro atoms. The quantitative estimate of drug-likeness (QED) is 0.825. The van der Waals surface area contributed by atoms with Crippen LogP contribution in [0.5, 0.6) is 0 Å². The molecule has 7 nitrogen and oxygen atoms in total. The third-order valence-electron chi connectivity index (χ3n) is 4.96. The number of amides is 1. The molecule has 2 N–H and O–H groups in total. The van der Waals surface area contributed by atoms with E-state index < -0.39 is 10.0 Å². The third-order valence-corrected chi connectivity index (χ3v) is 6.35. The van der Waals surface area contributed by atoms with Crippen molar-refractivity contribution in [2.45, 2.75) is 42.7 Å². The van der Waals surface area contributed by atoms with E-state index in [1.807, 2.05) is 0 Å². The Hall–Kier alpha value is -1.38. The molecule has 2 fully saturated rings. The van der Waals surface area contributed by atoms with Crippen molar-refractivity contribution in [2.24, 2.45) is 7.05 Å². The zero-order chi connectivity index (χ0) is 16.6. The van der Waals surface area contributed by atoms with Gasteiger partial charge >= 0.3 is 0 Å². The fourth-order valence-corrected chi connectivity index (χ4v) is 4.48. The van der Waals surface area contributed by atoms with Crippen molar-refractivity contribution in [3.8, 4) is 0 Å². The van der Waals surface area contributed by atoms with E-state index >= 15 is 0 Å². The van der Waals surface area contributed by atoms with Crippen LogP contribution in [0.1, 0.15) is 36.2 Å². The lowest BCUT2D eigenvalue weighted by molar-refractivity contribution is 0.0907. The van der Waals surface area contributed by atoms with Gasteiger partial charge in [-0.2, -0.15) is 0 Å². The van der Waals surface area contributed by atoms with Crippen LogP contribution in [-0.2, 0) is 17.1 Å². The van der Waals surface area contributed by atoms with Crippen LogP contribution in [0.15, 0.2) is 17.2 Å². The van der Waals surface area contributed by atoms with Crippen molar-refractivity contribution >= 4 is 15.9 Å². The molecule has 0 bridgehead atoms. The molecule has 3 rings (SSSR count). The number of aryl methyl sites for hydroxylation is 1. The number of aromatic nitrogens is 1. The fourth-order valence-electron chi connectivity index (χ4n) is 3.68. The number of rotatable bonds is 4. The molecule has 2 saturated heterocycles. The Balaban J connectivity index is 1.74. The summed E-state index contributed by atoms with van der Waals surface area (Å²) in [6.07, 6.45) is 5.99. The standard InChI is InChI=1S/C15H24N4O3S/c1-16-23(21,22)11-9-14(18(2)10-11)15(20)17-12-6-8-19-7-4-3-5-13(12)19/h9-10,12-13,16H,3-8H2,1-2H3,(H,17,20)/t12-,13+/m1/s1. The molecule has 128 valence electrons. The molecule has 8 heteroatoms. The minimum Gasteiger partial charge on any atom is -0.346 e. The second-order valence-electron chi connectivity index (χ2n) is 6.35. The van der Waals surface area contributed by atoms with Gasteiger partial charge in [-0.15, -0.1) is 0 Å². The van der Waals surface area contributed by atoms with Gasteiger partial charge < -0.3 is 9.88 Å². The van der Waals surface area contributed by atoms with Gasteiger partial charge in [0.15, 0.2) is 0 Å². The van der Waals surface area contributed by atoms with Crippen LogP contribution in [-0.4, -0.2) is 56.0 Å². The molecular formula is C15H24N4O3S. The SMILES string of the molecule is CNS(=O)(=O)c1cc(C(=O)N[C@@H]2CCN3CCCC[C@@H]23)n(C)c1. The lowest BCUT2D eigenvalue weighted by Crippen LogP contribution is -2.47. The molecule has 0 aromatic carbocycles. The van der Waals surface area contributed by atoms with Crippen molar-refractivity contribution in [1.29, 1.82) is 0 Å². The van der Waals surface area contributed by atoms with Gasteiger partial charge in [-0.1, -0.05) is 6.42 Å². The smallest absolute Gasteiger partial charge is 0.268 e. The highest BCUT2D eigenvalue weighted by Gasteiger charge is 2.36. The van der Waals surface area contributed by atoms with E-state index in [2.05, 4.69) is 14.9 Å². The lowest BCUT2D eigenvalue weighted by atomic mass is 9.99. The minimum absolute atomic E-state index is 0.110. The van der Waals surface area contributed by atoms with Crippen molar-refractivity contribution in [2.75, 3.05) is 20.1 Å². The third kappa shape index (κ3) is 3.15. The van der Waals surface area contributed by atoms with Gasteiger partial charge in [0.25, 0.3) is 5.91 Å². The first-order valence-corrected chi connectivity index (χ1v) is 9.55. The monoisotopic (exact) mass is 340 g/mol. The van der Waals surface area contributed by atoms with Crippen LogP contribution < -0.4 is 10.0 Å². The average Bonchev–Trinajstić information content (AvgIpc) is 3.12. The van der Waals surface area contributed by atoms with Crippen LogP contribution in [0.2, 0.25) is 0 Å². The topological polar surface area (TPSA) is 83.4 Å². The predicted octanol–water partition coefficient (Wildman–Crippen LogP) is 0.290. The predicted molar refractivity (Wildman–Crippen MR) is 86.7 cm³/mol. The first-order valence-electron chi connectivity index (χ1n) is 8.07. The summed E-state index contributed by atoms with van der Waals surface area (Å²) in [4.78, 5) is 15.1. The summed E-state index contributed by atoms with van der Waals surface area (Å²) in [6, 6.07) is 2.00. The Morgan fingerprint density at radius 1 is 1.26 bits per heavy atom. The summed E-state index contributed by atoms with van der Waals surface area (Å²) >= 11 is 0. The number of carbonyl (C=O) groups excluding carboxylic acids is 1. The maximum atomic E-state index is 12.6. The second kappa shape index (κ2) is 6.26. The molecule has 1 aromatic heterocycles. The number of nitrogens with one attached hydrogen (secondary N) is 2. The summed E-state index contributed by atoms with van der Waals surface area (Å²) in [5.41, 5.74) is 0.369. The van der Waals surface area contributed by atoms with Gasteiger partial charge in [0.05, 0.1) is 0 Å². The molecule has 0 unspecified atom stereocenters. The zero-order valence-corrected chi connectivity index (χ0v) is 14.4. The van der Waals surface area contributed by atoms with Crippen molar-refractivity contribution in [3.63, 3.8) is 0 Å². The van der Waals surface area contributed by atoms with Gasteiger partial charge in [-0.05, 0) is 38.9 Å². The van der Waals surface area contributed by atoms with Crippen LogP contribution >= 0.6 is 0 Å². The van der Waals surface area contributed by atoms with Crippen molar-refractivity contribution in [1.82, 2.24) is 19.5 Å². The maximum Gasteiger partial charge on any atom is 0.268 e. The Bertz CT molecular complexity index is 698. The first kappa shape index (κ1) is 16.5. The molecule has 2 atom stereocenters. The van der Waals surface area contributed by atoms with Gasteiger partial charge in [-0.3, -0.25) is 9.69 Å². The number of fused-ring (bicyclic) bond motifs is 1. The van der Waals surface area contributed by atoms with Crippen molar-refractivity contribution in [3.05, 3.63) is 18.0 Å². The Kier molecular flexibility index (Phi) is 4.48. The zero-order valence-electron chi connectivity index (χ0n) is 13.6. The van der Waals surface area contributed by atoms with E-state index in [1.165, 1.54) is 32.2 Å². The highest BCUT2D eigenvalue weighted by molar-refractivity contribution is 7.89. The molecule has 2 aliphatic heterocycles. The molecule has 0 aliphatic carbocycles. The fraction of sp³-hybridized carbons (Fsp3) is 0.667. The molecule has 0 saturated carbocycles. The van der Waals surface area contributed by atoms with Gasteiger partial charge in [0.2, 0.25) is 10.0 Å². The molecule has 3 heterocycles. The number of hydrogen-bond acceptors (Lipinski definition) is 4. The molecule has 23 heavy (non-hydrogen) atoms. The second-order valence-corrected chi connectivity index (χ2v) is 8.23. The molecule has 2 aliphatic rings. The normalized spacial score (nSPS) is 25.3. The number of nitrogens with zero attached hydrogens (tertiary/aromatic N) is 2. The van der Waals surface area contributed by atoms with Gasteiger partial charge in [-0.25, -0.2) is 13.1 Å². The van der Waals surface area contributed by atoms with Crippen LogP contribution in [0.4, 0.5) is 0 Å². The number of hydrogen-bond donors (Lipinski definition) is 2. The number of piperidine rings is 1. The Labute approximate surface area is 137 Å². The van der Waals surface area contributed by atoms with E-state index in [9.17, 15) is 13.2 Å². The largest absolute Gasteiger partial charge is 0.346 e. The summed E-state index contributed by atoms with van der Waals surface area (Å²) in [5, 5.41) is 3.10. The maximum absolute atomic E-state index is 12.6. The summed E-state index contributed by atoms with van der Waals surface area (Å²) in [7, 11) is -0.494. The lowest BCUT2D eigenvalue weighted by Gasteiger charge is -2.32. The molecule has 0 radical (unpaired) electrons. The summed E-state index contributed by atoms with van der Waals surface area (Å²) in [5.74, 6) is -0.206. The summed E-state index contributed by atoms with van der Waals surface area (Å²) in [6.45, 7) is 2.15.